The summed E-state index contributed by atoms with van der Waals surface area (Å²) in [6.45, 7) is 0. The number of phenolic OH excluding ortho intramolecular Hbond substituents is 2. The lowest BCUT2D eigenvalue weighted by molar-refractivity contribution is 0.0961. The van der Waals surface area contributed by atoms with Crippen LogP contribution in [0.25, 0.3) is 134 Å². The molecule has 0 fully saturated rings. The number of aromatic hydroxyl groups is 2. The number of phenols is 2. The second-order valence-corrected chi connectivity index (χ2v) is 24.8. The van der Waals surface area contributed by atoms with E-state index in [2.05, 4.69) is 21.5 Å². The van der Waals surface area contributed by atoms with Crippen LogP contribution < -0.4 is 5.22 Å². The Kier molecular flexibility index (Phi) is 5.48. The molecule has 326 valence electrons. The summed E-state index contributed by atoms with van der Waals surface area (Å²) in [5.74, 6) is 1.87. The number of H-pyrrole nitrogens is 2. The van der Waals surface area contributed by atoms with Gasteiger partial charge in [0, 0.05) is 139 Å². The largest absolute Gasteiger partial charge is 0.508 e. The Balaban J connectivity index is 0.000000107. The first-order valence-electron chi connectivity index (χ1n) is 24.1. The molecule has 0 radical (unpaired) electrons. The van der Waals surface area contributed by atoms with Crippen LogP contribution in [0.1, 0.15) is 91.1 Å². The Morgan fingerprint density at radius 2 is 1.43 bits per heavy atom. The number of aryl methyl sites for hydroxylation is 4. The molecule has 8 aromatic carbocycles. The van der Waals surface area contributed by atoms with Crippen molar-refractivity contribution in [2.24, 2.45) is 0 Å². The van der Waals surface area contributed by atoms with Gasteiger partial charge in [0.15, 0.2) is 11.6 Å². The maximum Gasteiger partial charge on any atom is 0.180 e. The Labute approximate surface area is 396 Å². The summed E-state index contributed by atoms with van der Waals surface area (Å²) in [6, 6.07) is 5.74. The highest BCUT2D eigenvalue weighted by molar-refractivity contribution is 7.88. The highest BCUT2D eigenvalue weighted by Gasteiger charge is 2.42. The van der Waals surface area contributed by atoms with Crippen LogP contribution in [0.5, 0.6) is 11.5 Å². The van der Waals surface area contributed by atoms with Crippen molar-refractivity contribution in [2.75, 3.05) is 5.75 Å². The third-order valence-electron chi connectivity index (χ3n) is 18.4. The van der Waals surface area contributed by atoms with E-state index in [-0.39, 0.29) is 29.2 Å². The molecule has 12 heteroatoms. The topological polar surface area (TPSA) is 149 Å². The number of fused-ring (bicyclic) bond motifs is 2. The van der Waals surface area contributed by atoms with Crippen molar-refractivity contribution in [1.29, 1.82) is 0 Å². The number of nitrogens with one attached hydrogen (secondary N) is 2. The van der Waals surface area contributed by atoms with Crippen LogP contribution in [0.3, 0.4) is 0 Å². The van der Waals surface area contributed by atoms with Gasteiger partial charge < -0.3 is 20.2 Å². The van der Waals surface area contributed by atoms with E-state index in [0.717, 1.165) is 118 Å². The number of carbonyl (C=O) groups is 2. The number of aromatic nitrogens is 4. The van der Waals surface area contributed by atoms with E-state index < -0.39 is 10.8 Å². The molecule has 0 spiro atoms. The fourth-order valence-corrected chi connectivity index (χ4v) is 20.1. The van der Waals surface area contributed by atoms with Crippen molar-refractivity contribution in [3.8, 4) is 11.5 Å². The standard InChI is InChI=1S/C31H18N2O2S.C26H12N2O3S2/c34-18-6-11-5-17-27-28-20(11)25-15(18)9-36-31(25)14-7-19(35)12-2-3-13-23(22(12)24(14)28)29(27)26-16(33-17)4-1-10-8-32-30(13)21(10)26;29-12-4-11-19-17-9(12)3-10-18-20-14(5-27-10)32-26-24(20)16-8(6-33(26)31)1-7-2-13(30)25(28-11)23(19)15(7)21(16)22(17)18/h7-9,11,33,35H,1-6H2;3-5,7,28-29H,1-2,6H2. The average molecular weight is 947 g/mol. The summed E-state index contributed by atoms with van der Waals surface area (Å²) < 4.78 is 16.5. The van der Waals surface area contributed by atoms with Gasteiger partial charge in [0.2, 0.25) is 0 Å². The van der Waals surface area contributed by atoms with Crippen molar-refractivity contribution in [3.05, 3.63) is 91.7 Å². The lowest BCUT2D eigenvalue weighted by Gasteiger charge is -2.35. The van der Waals surface area contributed by atoms with E-state index in [1.54, 1.807) is 28.7 Å². The zero-order chi connectivity index (χ0) is 44.7. The molecular weight excluding hydrogens is 917 g/mol. The van der Waals surface area contributed by atoms with E-state index in [9.17, 15) is 24.0 Å². The molecule has 1 aliphatic heterocycles. The fourth-order valence-electron chi connectivity index (χ4n) is 16.1. The molecule has 4 N–H and O–H groups in total. The average Bonchev–Trinajstić information content (AvgIpc) is 4.17. The molecule has 7 heterocycles. The molecule has 69 heavy (non-hydrogen) atoms. The Morgan fingerprint density at radius 3 is 2.36 bits per heavy atom. The lowest BCUT2D eigenvalue weighted by Crippen LogP contribution is -2.28. The lowest BCUT2D eigenvalue weighted by atomic mass is 9.69. The molecule has 0 saturated heterocycles. The van der Waals surface area contributed by atoms with Gasteiger partial charge in [-0.05, 0) is 122 Å². The van der Waals surface area contributed by atoms with Crippen molar-refractivity contribution in [3.63, 3.8) is 0 Å². The molecular formula is C57H30N4O5S3. The number of aromatic amines is 2. The number of pyridine rings is 2. The number of carbonyl (C=O) groups excluding carboxylic acids is 2. The zero-order valence-corrected chi connectivity index (χ0v) is 38.7. The maximum atomic E-state index is 13.3. The number of hydrogen-bond donors (Lipinski definition) is 4. The molecule has 0 amide bonds. The Hall–Kier alpha value is -6.99. The molecule has 21 rings (SSSR count). The predicted molar refractivity (Wildman–Crippen MR) is 276 cm³/mol. The number of Topliss-reactive ketones (excluding diaryl/α,β-unsaturated/α-hetero) is 2. The van der Waals surface area contributed by atoms with Crippen LogP contribution >= 0.6 is 22.7 Å². The monoisotopic (exact) mass is 946 g/mol. The van der Waals surface area contributed by atoms with E-state index in [1.807, 2.05) is 18.3 Å². The van der Waals surface area contributed by atoms with E-state index in [4.69, 9.17) is 9.97 Å². The summed E-state index contributed by atoms with van der Waals surface area (Å²) >= 11 is 3.29. The van der Waals surface area contributed by atoms with Gasteiger partial charge in [-0.25, -0.2) is 0 Å². The number of ketones is 2. The van der Waals surface area contributed by atoms with Crippen LogP contribution in [0.2, 0.25) is 0 Å². The van der Waals surface area contributed by atoms with Crippen molar-refractivity contribution in [1.82, 2.24) is 19.9 Å². The minimum Gasteiger partial charge on any atom is -0.508 e. The number of hydrogen-bond acceptors (Lipinski definition) is 9. The smallest absolute Gasteiger partial charge is 0.180 e. The summed E-state index contributed by atoms with van der Waals surface area (Å²) in [7, 11) is -1.07. The second kappa shape index (κ2) is 10.7. The molecule has 7 aliphatic rings. The minimum atomic E-state index is -1.07. The Morgan fingerprint density at radius 1 is 0.623 bits per heavy atom. The molecule has 0 bridgehead atoms. The summed E-state index contributed by atoms with van der Waals surface area (Å²) in [6.07, 6.45) is 10.5. The molecule has 3 unspecified atom stereocenters. The van der Waals surface area contributed by atoms with Gasteiger partial charge in [-0.2, -0.15) is 0 Å². The number of rotatable bonds is 0. The van der Waals surface area contributed by atoms with Crippen LogP contribution in [0.4, 0.5) is 0 Å². The quantitative estimate of drug-likeness (QED) is 0.0873. The summed E-state index contributed by atoms with van der Waals surface area (Å²) in [5.41, 5.74) is 14.8. The van der Waals surface area contributed by atoms with Gasteiger partial charge in [0.05, 0.1) is 43.5 Å². The van der Waals surface area contributed by atoms with Crippen LogP contribution in [-0.4, -0.2) is 51.7 Å². The number of nitrogens with zero attached hydrogens (tertiary/aromatic N) is 2. The highest BCUT2D eigenvalue weighted by Crippen LogP contribution is 2.61. The zero-order valence-electron chi connectivity index (χ0n) is 36.2. The number of thiophene rings is 2. The van der Waals surface area contributed by atoms with Gasteiger partial charge in [-0.1, -0.05) is 0 Å². The SMILES string of the molecule is O=C1CC2CC3=c4c5c(sc6cnc7cc8c(O)cc9[nH]c1c1c2c4c(c7c65)c8c91)S(=O)C3.O=C1CC2Cc3[nH]c4c5c6c(cnc6c6c7c8c(c(O)cc9c%10scc1c%10c2c(c3c57)c98)CC6)CC4. The summed E-state index contributed by atoms with van der Waals surface area (Å²) in [5, 5.41) is 48.4. The van der Waals surface area contributed by atoms with Gasteiger partial charge >= 0.3 is 0 Å². The molecule has 6 aliphatic carbocycles. The Bertz CT molecular complexity index is 5160. The van der Waals surface area contributed by atoms with Gasteiger partial charge in [0.25, 0.3) is 0 Å². The van der Waals surface area contributed by atoms with E-state index in [1.165, 1.54) is 109 Å². The van der Waals surface area contributed by atoms with Gasteiger partial charge in [0.1, 0.15) is 15.7 Å². The van der Waals surface area contributed by atoms with Crippen LogP contribution in [0, 0.1) is 0 Å². The van der Waals surface area contributed by atoms with Gasteiger partial charge in [-0.3, -0.25) is 23.8 Å². The third kappa shape index (κ3) is 3.51. The van der Waals surface area contributed by atoms with Crippen molar-refractivity contribution in [2.45, 2.75) is 67.4 Å². The molecule has 0 saturated carbocycles. The van der Waals surface area contributed by atoms with Crippen LogP contribution in [-0.2, 0) is 42.9 Å². The highest BCUT2D eigenvalue weighted by atomic mass is 32.2. The number of benzene rings is 8. The van der Waals surface area contributed by atoms with E-state index in [0.29, 0.717) is 30.0 Å². The first-order valence-corrected chi connectivity index (χ1v) is 27.1. The normalized spacial score (nSPS) is 20.6. The molecule has 6 aromatic heterocycles. The molecule has 14 aromatic rings. The first kappa shape index (κ1) is 35.2. The first-order chi connectivity index (χ1) is 33.8. The second-order valence-electron chi connectivity index (χ2n) is 21.2. The molecule has 9 nitrogen and oxygen atoms in total. The third-order valence-corrected chi connectivity index (χ3v) is 22.3. The summed E-state index contributed by atoms with van der Waals surface area (Å²) in [4.78, 5) is 43.6. The fraction of sp³-hybridized carbons (Fsp3) is 0.193. The van der Waals surface area contributed by atoms with Crippen LogP contribution in [0.15, 0.2) is 40.2 Å². The maximum absolute atomic E-state index is 13.3. The van der Waals surface area contributed by atoms with Crippen molar-refractivity contribution < 1.29 is 24.0 Å². The van der Waals surface area contributed by atoms with Crippen molar-refractivity contribution >= 4 is 179 Å². The minimum absolute atomic E-state index is 0.107. The van der Waals surface area contributed by atoms with Gasteiger partial charge in [-0.15, -0.1) is 22.7 Å². The molecule has 3 atom stereocenters. The van der Waals surface area contributed by atoms with E-state index >= 15 is 0 Å². The predicted octanol–water partition coefficient (Wildman–Crippen LogP) is 12.0.